The van der Waals surface area contributed by atoms with E-state index in [1.165, 1.54) is 18.9 Å². The van der Waals surface area contributed by atoms with E-state index >= 15 is 0 Å². The molecule has 1 N–H and O–H groups in total. The number of rotatable bonds is 8. The summed E-state index contributed by atoms with van der Waals surface area (Å²) in [5, 5.41) is 14.7. The molecule has 20 heavy (non-hydrogen) atoms. The van der Waals surface area contributed by atoms with Crippen LogP contribution in [-0.2, 0) is 11.3 Å². The van der Waals surface area contributed by atoms with Gasteiger partial charge in [0, 0.05) is 43.5 Å². The molecule has 1 fully saturated rings. The third-order valence-electron chi connectivity index (χ3n) is 3.85. The maximum atomic E-state index is 11.0. The Morgan fingerprint density at radius 1 is 1.50 bits per heavy atom. The summed E-state index contributed by atoms with van der Waals surface area (Å²) in [6.45, 7) is 2.13. The van der Waals surface area contributed by atoms with Gasteiger partial charge in [0.15, 0.2) is 0 Å². The van der Waals surface area contributed by atoms with E-state index in [0.29, 0.717) is 22.5 Å². The van der Waals surface area contributed by atoms with Crippen LogP contribution in [0.4, 0.5) is 5.69 Å². The van der Waals surface area contributed by atoms with Gasteiger partial charge in [0.1, 0.15) is 0 Å². The number of hydrogen-bond acceptors (Lipinski definition) is 4. The topological polar surface area (TPSA) is 64.4 Å². The van der Waals surface area contributed by atoms with Gasteiger partial charge in [-0.05, 0) is 36.8 Å². The second-order valence-electron chi connectivity index (χ2n) is 5.38. The van der Waals surface area contributed by atoms with Gasteiger partial charge in [0.25, 0.3) is 5.69 Å². The van der Waals surface area contributed by atoms with Crippen LogP contribution < -0.4 is 5.32 Å². The van der Waals surface area contributed by atoms with E-state index in [1.807, 2.05) is 0 Å². The lowest BCUT2D eigenvalue weighted by molar-refractivity contribution is -0.385. The number of methoxy groups -OCH3 is 1. The summed E-state index contributed by atoms with van der Waals surface area (Å²) < 4.78 is 5.11. The van der Waals surface area contributed by atoms with Gasteiger partial charge in [-0.25, -0.2) is 0 Å². The van der Waals surface area contributed by atoms with Gasteiger partial charge in [-0.3, -0.25) is 10.1 Å². The number of hydrogen-bond donors (Lipinski definition) is 1. The molecule has 1 aromatic carbocycles. The first-order valence-corrected chi connectivity index (χ1v) is 7.07. The van der Waals surface area contributed by atoms with Crippen molar-refractivity contribution in [2.24, 2.45) is 5.41 Å². The molecule has 0 spiro atoms. The molecule has 2 rings (SSSR count). The first-order chi connectivity index (χ1) is 9.56. The Bertz CT molecular complexity index is 489. The number of benzene rings is 1. The van der Waals surface area contributed by atoms with Crippen LogP contribution in [0.2, 0.25) is 5.02 Å². The SMILES string of the molecule is COCCC1(CNCc2ccc(Cl)cc2[N+](=O)[O-])CC1. The molecule has 0 amide bonds. The highest BCUT2D eigenvalue weighted by molar-refractivity contribution is 6.30. The summed E-state index contributed by atoms with van der Waals surface area (Å²) in [6, 6.07) is 4.79. The number of nitrogens with zero attached hydrogens (tertiary/aromatic N) is 1. The molecule has 1 saturated carbocycles. The molecule has 6 heteroatoms. The van der Waals surface area contributed by atoms with Crippen molar-refractivity contribution in [3.05, 3.63) is 38.9 Å². The van der Waals surface area contributed by atoms with Crippen LogP contribution in [0.3, 0.4) is 0 Å². The zero-order chi connectivity index (χ0) is 14.6. The maximum Gasteiger partial charge on any atom is 0.275 e. The Labute approximate surface area is 123 Å². The van der Waals surface area contributed by atoms with Crippen LogP contribution in [0.25, 0.3) is 0 Å². The molecule has 0 radical (unpaired) electrons. The molecule has 0 bridgehead atoms. The lowest BCUT2D eigenvalue weighted by Crippen LogP contribution is -2.25. The monoisotopic (exact) mass is 298 g/mol. The zero-order valence-electron chi connectivity index (χ0n) is 11.5. The van der Waals surface area contributed by atoms with E-state index in [4.69, 9.17) is 16.3 Å². The summed E-state index contributed by atoms with van der Waals surface area (Å²) in [5.41, 5.74) is 1.07. The molecule has 0 atom stereocenters. The van der Waals surface area contributed by atoms with Crippen LogP contribution in [0.15, 0.2) is 18.2 Å². The Morgan fingerprint density at radius 3 is 2.85 bits per heavy atom. The van der Waals surface area contributed by atoms with Crippen LogP contribution in [0.1, 0.15) is 24.8 Å². The predicted molar refractivity (Wildman–Crippen MR) is 78.0 cm³/mol. The smallest absolute Gasteiger partial charge is 0.275 e. The van der Waals surface area contributed by atoms with Crippen molar-refractivity contribution in [1.29, 1.82) is 0 Å². The molecule has 0 aromatic heterocycles. The molecule has 0 saturated heterocycles. The molecule has 0 heterocycles. The molecule has 1 aliphatic carbocycles. The van der Waals surface area contributed by atoms with Crippen molar-refractivity contribution in [3.63, 3.8) is 0 Å². The summed E-state index contributed by atoms with van der Waals surface area (Å²) in [6.07, 6.45) is 3.44. The quantitative estimate of drug-likeness (QED) is 0.591. The Kier molecular flexibility index (Phi) is 4.96. The Hall–Kier alpha value is -1.17. The summed E-state index contributed by atoms with van der Waals surface area (Å²) in [5.74, 6) is 0. The normalized spacial score (nSPS) is 16.1. The summed E-state index contributed by atoms with van der Waals surface area (Å²) in [7, 11) is 1.71. The first kappa shape index (κ1) is 15.2. The average Bonchev–Trinajstić information content (AvgIpc) is 3.18. The second kappa shape index (κ2) is 6.52. The largest absolute Gasteiger partial charge is 0.385 e. The number of ether oxygens (including phenoxy) is 1. The number of halogens is 1. The van der Waals surface area contributed by atoms with E-state index in [1.54, 1.807) is 19.2 Å². The Morgan fingerprint density at radius 2 is 2.25 bits per heavy atom. The fraction of sp³-hybridized carbons (Fsp3) is 0.571. The molecule has 5 nitrogen and oxygen atoms in total. The molecule has 0 unspecified atom stereocenters. The van der Waals surface area contributed by atoms with Gasteiger partial charge in [-0.2, -0.15) is 0 Å². The van der Waals surface area contributed by atoms with Crippen molar-refractivity contribution >= 4 is 17.3 Å². The lowest BCUT2D eigenvalue weighted by Gasteiger charge is -2.15. The van der Waals surface area contributed by atoms with Crippen molar-refractivity contribution < 1.29 is 9.66 Å². The van der Waals surface area contributed by atoms with Crippen molar-refractivity contribution in [2.75, 3.05) is 20.3 Å². The Balaban J connectivity index is 1.90. The zero-order valence-corrected chi connectivity index (χ0v) is 12.3. The van der Waals surface area contributed by atoms with Crippen molar-refractivity contribution in [2.45, 2.75) is 25.8 Å². The predicted octanol–water partition coefficient (Wildman–Crippen LogP) is 3.15. The number of nitrogens with one attached hydrogen (secondary N) is 1. The van der Waals surface area contributed by atoms with Gasteiger partial charge in [0.05, 0.1) is 4.92 Å². The van der Waals surface area contributed by atoms with Gasteiger partial charge in [-0.1, -0.05) is 11.6 Å². The molecular weight excluding hydrogens is 280 g/mol. The van der Waals surface area contributed by atoms with E-state index in [-0.39, 0.29) is 10.6 Å². The summed E-state index contributed by atoms with van der Waals surface area (Å²) in [4.78, 5) is 10.6. The molecule has 1 aliphatic rings. The van der Waals surface area contributed by atoms with Crippen molar-refractivity contribution in [3.8, 4) is 0 Å². The van der Waals surface area contributed by atoms with E-state index in [9.17, 15) is 10.1 Å². The van der Waals surface area contributed by atoms with Crippen LogP contribution >= 0.6 is 11.6 Å². The summed E-state index contributed by atoms with van der Waals surface area (Å²) >= 11 is 5.80. The standard InChI is InChI=1S/C14H19ClN2O3/c1-20-7-6-14(4-5-14)10-16-9-11-2-3-12(15)8-13(11)17(18)19/h2-3,8,16H,4-7,9-10H2,1H3. The van der Waals surface area contributed by atoms with Crippen molar-refractivity contribution in [1.82, 2.24) is 5.32 Å². The average molecular weight is 299 g/mol. The minimum absolute atomic E-state index is 0.0757. The fourth-order valence-electron chi connectivity index (χ4n) is 2.33. The minimum Gasteiger partial charge on any atom is -0.385 e. The van der Waals surface area contributed by atoms with Crippen LogP contribution in [0, 0.1) is 15.5 Å². The van der Waals surface area contributed by atoms with Gasteiger partial charge in [-0.15, -0.1) is 0 Å². The fourth-order valence-corrected chi connectivity index (χ4v) is 2.50. The lowest BCUT2D eigenvalue weighted by atomic mass is 10.0. The molecule has 1 aromatic rings. The second-order valence-corrected chi connectivity index (χ2v) is 5.81. The van der Waals surface area contributed by atoms with Gasteiger partial charge < -0.3 is 10.1 Å². The minimum atomic E-state index is -0.388. The first-order valence-electron chi connectivity index (χ1n) is 6.69. The van der Waals surface area contributed by atoms with E-state index in [0.717, 1.165) is 19.6 Å². The van der Waals surface area contributed by atoms with Crippen LogP contribution in [0.5, 0.6) is 0 Å². The number of nitro benzene ring substituents is 1. The number of nitro groups is 1. The highest BCUT2D eigenvalue weighted by Crippen LogP contribution is 2.48. The third kappa shape index (κ3) is 3.91. The van der Waals surface area contributed by atoms with E-state index < -0.39 is 0 Å². The highest BCUT2D eigenvalue weighted by Gasteiger charge is 2.41. The van der Waals surface area contributed by atoms with E-state index in [2.05, 4.69) is 5.32 Å². The third-order valence-corrected chi connectivity index (χ3v) is 4.09. The van der Waals surface area contributed by atoms with Gasteiger partial charge in [0.2, 0.25) is 0 Å². The molecule has 0 aliphatic heterocycles. The molecular formula is C14H19ClN2O3. The molecule has 110 valence electrons. The van der Waals surface area contributed by atoms with Crippen LogP contribution in [-0.4, -0.2) is 25.2 Å². The highest BCUT2D eigenvalue weighted by atomic mass is 35.5. The van der Waals surface area contributed by atoms with Gasteiger partial charge >= 0.3 is 0 Å². The maximum absolute atomic E-state index is 11.0.